The van der Waals surface area contributed by atoms with Crippen molar-refractivity contribution in [3.63, 3.8) is 0 Å². The Morgan fingerprint density at radius 2 is 2.24 bits per heavy atom. The monoisotopic (exact) mass is 237 g/mol. The molecule has 0 bridgehead atoms. The van der Waals surface area contributed by atoms with Crippen LogP contribution in [-0.4, -0.2) is 24.5 Å². The van der Waals surface area contributed by atoms with Gasteiger partial charge in [0.2, 0.25) is 0 Å². The first kappa shape index (κ1) is 11.1. The molecule has 5 N–H and O–H groups in total. The molecule has 0 saturated heterocycles. The van der Waals surface area contributed by atoms with E-state index in [9.17, 15) is 9.59 Å². The van der Waals surface area contributed by atoms with Gasteiger partial charge in [0, 0.05) is 0 Å². The van der Waals surface area contributed by atoms with Gasteiger partial charge in [-0.25, -0.2) is 4.79 Å². The molecule has 2 rings (SSSR count). The number of nitrogens with zero attached hydrogens (tertiary/aromatic N) is 2. The Kier molecular flexibility index (Phi) is 2.54. The molecule has 17 heavy (non-hydrogen) atoms. The molecule has 2 aliphatic rings. The van der Waals surface area contributed by atoms with Crippen LogP contribution >= 0.6 is 0 Å². The van der Waals surface area contributed by atoms with Gasteiger partial charge in [0.05, 0.1) is 12.2 Å². The SMILES string of the molecule is CCOC(=O)C1=C(N)NC(=O)C2=C(N)N=NC21. The summed E-state index contributed by atoms with van der Waals surface area (Å²) in [6, 6.07) is -0.859. The van der Waals surface area contributed by atoms with Crippen LogP contribution in [0.4, 0.5) is 0 Å². The molecule has 0 spiro atoms. The predicted octanol–water partition coefficient (Wildman–Crippen LogP) is -1.15. The zero-order valence-corrected chi connectivity index (χ0v) is 9.06. The highest BCUT2D eigenvalue weighted by atomic mass is 16.5. The van der Waals surface area contributed by atoms with Crippen LogP contribution in [0.1, 0.15) is 6.92 Å². The number of carbonyl (C=O) groups excluding carboxylic acids is 2. The van der Waals surface area contributed by atoms with E-state index in [0.717, 1.165) is 0 Å². The fourth-order valence-electron chi connectivity index (χ4n) is 1.65. The third-order valence-electron chi connectivity index (χ3n) is 2.38. The molecule has 8 nitrogen and oxygen atoms in total. The number of ether oxygens (including phenoxy) is 1. The van der Waals surface area contributed by atoms with E-state index in [1.165, 1.54) is 0 Å². The van der Waals surface area contributed by atoms with Crippen LogP contribution in [0.3, 0.4) is 0 Å². The summed E-state index contributed by atoms with van der Waals surface area (Å²) in [5.41, 5.74) is 11.3. The molecule has 0 aromatic heterocycles. The number of hydrogen-bond donors (Lipinski definition) is 3. The average Bonchev–Trinajstić information content (AvgIpc) is 2.61. The smallest absolute Gasteiger partial charge is 0.340 e. The van der Waals surface area contributed by atoms with E-state index in [2.05, 4.69) is 15.5 Å². The number of esters is 1. The highest BCUT2D eigenvalue weighted by Gasteiger charge is 2.41. The second-order valence-corrected chi connectivity index (χ2v) is 3.42. The topological polar surface area (TPSA) is 132 Å². The number of rotatable bonds is 2. The maximum Gasteiger partial charge on any atom is 0.340 e. The minimum absolute atomic E-state index is 0.0122. The lowest BCUT2D eigenvalue weighted by Gasteiger charge is -2.21. The van der Waals surface area contributed by atoms with E-state index in [4.69, 9.17) is 16.2 Å². The van der Waals surface area contributed by atoms with Gasteiger partial charge in [0.1, 0.15) is 17.4 Å². The maximum atomic E-state index is 11.7. The average molecular weight is 237 g/mol. The van der Waals surface area contributed by atoms with Crippen LogP contribution in [0, 0.1) is 0 Å². The second-order valence-electron chi connectivity index (χ2n) is 3.42. The van der Waals surface area contributed by atoms with Crippen molar-refractivity contribution in [2.75, 3.05) is 6.61 Å². The lowest BCUT2D eigenvalue weighted by molar-refractivity contribution is -0.138. The molecule has 1 amide bonds. The number of amides is 1. The van der Waals surface area contributed by atoms with Gasteiger partial charge in [-0.1, -0.05) is 0 Å². The molecule has 1 atom stereocenters. The lowest BCUT2D eigenvalue weighted by Crippen LogP contribution is -2.43. The van der Waals surface area contributed by atoms with Crippen molar-refractivity contribution in [1.82, 2.24) is 5.32 Å². The first-order valence-electron chi connectivity index (χ1n) is 4.94. The van der Waals surface area contributed by atoms with Crippen LogP contribution in [0.25, 0.3) is 0 Å². The van der Waals surface area contributed by atoms with E-state index in [-0.39, 0.29) is 29.4 Å². The van der Waals surface area contributed by atoms with Gasteiger partial charge in [-0.2, -0.15) is 5.11 Å². The van der Waals surface area contributed by atoms with Crippen LogP contribution in [0.5, 0.6) is 0 Å². The summed E-state index contributed by atoms with van der Waals surface area (Å²) in [6.07, 6.45) is 0. The number of carbonyl (C=O) groups is 2. The number of fused-ring (bicyclic) bond motifs is 1. The number of azo groups is 1. The van der Waals surface area contributed by atoms with Crippen molar-refractivity contribution in [3.05, 3.63) is 22.8 Å². The molecule has 0 aromatic rings. The zero-order chi connectivity index (χ0) is 12.6. The normalized spacial score (nSPS) is 22.6. The highest BCUT2D eigenvalue weighted by molar-refractivity contribution is 6.04. The predicted molar refractivity (Wildman–Crippen MR) is 55.8 cm³/mol. The van der Waals surface area contributed by atoms with Crippen molar-refractivity contribution in [2.24, 2.45) is 21.7 Å². The van der Waals surface area contributed by atoms with E-state index in [1.54, 1.807) is 6.92 Å². The van der Waals surface area contributed by atoms with Crippen molar-refractivity contribution in [3.8, 4) is 0 Å². The molecule has 8 heteroatoms. The van der Waals surface area contributed by atoms with Gasteiger partial charge in [0.15, 0.2) is 5.82 Å². The van der Waals surface area contributed by atoms with Gasteiger partial charge in [-0.3, -0.25) is 4.79 Å². The largest absolute Gasteiger partial charge is 0.462 e. The molecule has 90 valence electrons. The highest BCUT2D eigenvalue weighted by Crippen LogP contribution is 2.29. The van der Waals surface area contributed by atoms with E-state index >= 15 is 0 Å². The van der Waals surface area contributed by atoms with Crippen molar-refractivity contribution < 1.29 is 14.3 Å². The molecular formula is C9H11N5O3. The fourth-order valence-corrected chi connectivity index (χ4v) is 1.65. The van der Waals surface area contributed by atoms with Gasteiger partial charge in [0.25, 0.3) is 5.91 Å². The van der Waals surface area contributed by atoms with Crippen LogP contribution in [0.2, 0.25) is 0 Å². The van der Waals surface area contributed by atoms with Crippen molar-refractivity contribution in [1.29, 1.82) is 0 Å². The van der Waals surface area contributed by atoms with Gasteiger partial charge in [-0.05, 0) is 6.92 Å². The van der Waals surface area contributed by atoms with Gasteiger partial charge in [-0.15, -0.1) is 5.11 Å². The first-order chi connectivity index (χ1) is 8.06. The third-order valence-corrected chi connectivity index (χ3v) is 2.38. The summed E-state index contributed by atoms with van der Waals surface area (Å²) in [6.45, 7) is 1.86. The minimum Gasteiger partial charge on any atom is -0.462 e. The lowest BCUT2D eigenvalue weighted by atomic mass is 9.96. The fraction of sp³-hybridized carbons (Fsp3) is 0.333. The Morgan fingerprint density at radius 3 is 2.88 bits per heavy atom. The Labute approximate surface area is 96.4 Å². The van der Waals surface area contributed by atoms with E-state index < -0.39 is 17.9 Å². The Bertz CT molecular complexity index is 491. The molecule has 0 fully saturated rings. The van der Waals surface area contributed by atoms with Gasteiger partial charge >= 0.3 is 5.97 Å². The van der Waals surface area contributed by atoms with Crippen LogP contribution < -0.4 is 16.8 Å². The molecule has 0 radical (unpaired) electrons. The Balaban J connectivity index is 2.44. The summed E-state index contributed by atoms with van der Waals surface area (Å²) in [7, 11) is 0. The zero-order valence-electron chi connectivity index (χ0n) is 9.06. The maximum absolute atomic E-state index is 11.7. The molecule has 0 saturated carbocycles. The number of nitrogens with one attached hydrogen (secondary N) is 1. The Hall–Kier alpha value is -2.38. The quantitative estimate of drug-likeness (QED) is 0.522. The van der Waals surface area contributed by atoms with Gasteiger partial charge < -0.3 is 21.5 Å². The first-order valence-corrected chi connectivity index (χ1v) is 4.94. The third kappa shape index (κ3) is 1.63. The second kappa shape index (κ2) is 3.89. The Morgan fingerprint density at radius 1 is 1.53 bits per heavy atom. The summed E-state index contributed by atoms with van der Waals surface area (Å²) in [5.74, 6) is -1.22. The van der Waals surface area contributed by atoms with E-state index in [1.807, 2.05) is 0 Å². The van der Waals surface area contributed by atoms with Crippen LogP contribution in [-0.2, 0) is 14.3 Å². The van der Waals surface area contributed by atoms with Crippen molar-refractivity contribution in [2.45, 2.75) is 13.0 Å². The summed E-state index contributed by atoms with van der Waals surface area (Å²) in [5, 5.41) is 9.66. The van der Waals surface area contributed by atoms with Crippen LogP contribution in [0.15, 0.2) is 33.0 Å². The summed E-state index contributed by atoms with van der Waals surface area (Å²) >= 11 is 0. The molecule has 2 heterocycles. The summed E-state index contributed by atoms with van der Waals surface area (Å²) < 4.78 is 4.84. The number of nitrogens with two attached hydrogens (primary N) is 2. The molecule has 2 aliphatic heterocycles. The molecule has 0 aliphatic carbocycles. The van der Waals surface area contributed by atoms with Crippen molar-refractivity contribution >= 4 is 11.9 Å². The molecule has 0 aromatic carbocycles. The molecular weight excluding hydrogens is 226 g/mol. The molecule has 1 unspecified atom stereocenters. The van der Waals surface area contributed by atoms with E-state index in [0.29, 0.717) is 0 Å². The summed E-state index contributed by atoms with van der Waals surface area (Å²) in [4.78, 5) is 23.3. The number of hydrogen-bond acceptors (Lipinski definition) is 7. The standard InChI is InChI=1S/C9H11N5O3/c1-2-17-9(16)4-5-3(7(11)14-13-5)8(15)12-6(4)10/h5H,2,10-11H2,1H3,(H,12,15). The minimum atomic E-state index is -0.859.